The summed E-state index contributed by atoms with van der Waals surface area (Å²) in [5.74, 6) is -1.93. The smallest absolute Gasteiger partial charge is 0.255 e. The second-order valence-corrected chi connectivity index (χ2v) is 9.22. The van der Waals surface area contributed by atoms with E-state index in [4.69, 9.17) is 9.47 Å². The fourth-order valence-electron chi connectivity index (χ4n) is 3.79. The lowest BCUT2D eigenvalue weighted by atomic mass is 10.0. The minimum Gasteiger partial charge on any atom is -0.492 e. The van der Waals surface area contributed by atoms with E-state index in [2.05, 4.69) is 16.0 Å². The largest absolute Gasteiger partial charge is 0.492 e. The van der Waals surface area contributed by atoms with Gasteiger partial charge in [-0.15, -0.1) is 0 Å². The van der Waals surface area contributed by atoms with Gasteiger partial charge in [-0.05, 0) is 42.3 Å². The number of hydrogen-bond acceptors (Lipinski definition) is 6. The van der Waals surface area contributed by atoms with Crippen molar-refractivity contribution in [1.82, 2.24) is 20.9 Å². The fraction of sp³-hybridized carbons (Fsp3) is 0.407. The first-order valence-corrected chi connectivity index (χ1v) is 12.4. The average molecular weight is 529 g/mol. The zero-order chi connectivity index (χ0) is 27.7. The van der Waals surface area contributed by atoms with Crippen LogP contribution in [0.3, 0.4) is 0 Å². The van der Waals surface area contributed by atoms with Gasteiger partial charge in [-0.2, -0.15) is 0 Å². The van der Waals surface area contributed by atoms with E-state index >= 15 is 0 Å². The SMILES string of the molecule is CC(C)[C@@H]1NC(=O)C[C@@H](C(=O)NCCOc2ccc(F)cc2)NC(=O)c2ccccc2OCCN(C)C1=O. The number of amides is 4. The molecule has 3 N–H and O–H groups in total. The molecule has 11 heteroatoms. The summed E-state index contributed by atoms with van der Waals surface area (Å²) < 4.78 is 24.3. The van der Waals surface area contributed by atoms with Crippen molar-refractivity contribution in [3.05, 3.63) is 59.9 Å². The number of halogens is 1. The molecule has 0 saturated carbocycles. The molecule has 1 heterocycles. The van der Waals surface area contributed by atoms with Gasteiger partial charge in [0.1, 0.15) is 42.6 Å². The maximum absolute atomic E-state index is 13.1. The first-order valence-electron chi connectivity index (χ1n) is 12.4. The highest BCUT2D eigenvalue weighted by Gasteiger charge is 2.31. The monoisotopic (exact) mass is 528 g/mol. The Kier molecular flexibility index (Phi) is 10.0. The molecule has 0 bridgehead atoms. The average Bonchev–Trinajstić information content (AvgIpc) is 2.89. The molecule has 1 aliphatic rings. The molecule has 38 heavy (non-hydrogen) atoms. The highest BCUT2D eigenvalue weighted by Crippen LogP contribution is 2.19. The fourth-order valence-corrected chi connectivity index (χ4v) is 3.79. The molecule has 2 atom stereocenters. The lowest BCUT2D eigenvalue weighted by molar-refractivity contribution is -0.137. The van der Waals surface area contributed by atoms with E-state index in [1.54, 1.807) is 45.2 Å². The van der Waals surface area contributed by atoms with Crippen LogP contribution in [0, 0.1) is 11.7 Å². The van der Waals surface area contributed by atoms with Crippen LogP contribution in [0.1, 0.15) is 30.6 Å². The zero-order valence-electron chi connectivity index (χ0n) is 21.7. The van der Waals surface area contributed by atoms with E-state index in [9.17, 15) is 23.6 Å². The van der Waals surface area contributed by atoms with Crippen LogP contribution in [0.15, 0.2) is 48.5 Å². The number of rotatable bonds is 6. The third-order valence-corrected chi connectivity index (χ3v) is 5.94. The second-order valence-electron chi connectivity index (χ2n) is 9.22. The first-order chi connectivity index (χ1) is 18.2. The van der Waals surface area contributed by atoms with Crippen molar-refractivity contribution in [2.24, 2.45) is 5.92 Å². The number of hydrogen-bond donors (Lipinski definition) is 3. The molecule has 0 saturated heterocycles. The number of nitrogens with one attached hydrogen (secondary N) is 3. The van der Waals surface area contributed by atoms with Gasteiger partial charge in [0.25, 0.3) is 5.91 Å². The van der Waals surface area contributed by atoms with Crippen LogP contribution >= 0.6 is 0 Å². The molecule has 0 fully saturated rings. The Bertz CT molecular complexity index is 1140. The number of benzene rings is 2. The van der Waals surface area contributed by atoms with Gasteiger partial charge in [-0.1, -0.05) is 26.0 Å². The maximum Gasteiger partial charge on any atom is 0.255 e. The molecule has 204 valence electrons. The van der Waals surface area contributed by atoms with Crippen molar-refractivity contribution >= 4 is 23.6 Å². The number of para-hydroxylation sites is 1. The van der Waals surface area contributed by atoms with Crippen LogP contribution in [0.5, 0.6) is 11.5 Å². The van der Waals surface area contributed by atoms with Gasteiger partial charge in [0.2, 0.25) is 17.7 Å². The Hall–Kier alpha value is -4.15. The van der Waals surface area contributed by atoms with E-state index < -0.39 is 35.6 Å². The zero-order valence-corrected chi connectivity index (χ0v) is 21.7. The Labute approximate surface area is 220 Å². The molecular formula is C27H33FN4O6. The first kappa shape index (κ1) is 28.4. The van der Waals surface area contributed by atoms with Gasteiger partial charge in [-0.3, -0.25) is 19.2 Å². The summed E-state index contributed by atoms with van der Waals surface area (Å²) in [6.07, 6.45) is -0.389. The Balaban J connectivity index is 1.76. The molecule has 0 unspecified atom stereocenters. The summed E-state index contributed by atoms with van der Waals surface area (Å²) in [7, 11) is 1.61. The molecule has 0 radical (unpaired) electrons. The quantitative estimate of drug-likeness (QED) is 0.488. The third kappa shape index (κ3) is 7.92. The summed E-state index contributed by atoms with van der Waals surface area (Å²) >= 11 is 0. The van der Waals surface area contributed by atoms with Crippen LogP contribution in [-0.2, 0) is 14.4 Å². The maximum atomic E-state index is 13.1. The normalized spacial score (nSPS) is 19.0. The summed E-state index contributed by atoms with van der Waals surface area (Å²) in [6.45, 7) is 4.14. The Morgan fingerprint density at radius 3 is 2.55 bits per heavy atom. The van der Waals surface area contributed by atoms with E-state index in [0.29, 0.717) is 11.5 Å². The Morgan fingerprint density at radius 1 is 1.13 bits per heavy atom. The van der Waals surface area contributed by atoms with Crippen molar-refractivity contribution in [3.8, 4) is 11.5 Å². The highest BCUT2D eigenvalue weighted by molar-refractivity contribution is 6.01. The number of fused-ring (bicyclic) bond motifs is 1. The number of carbonyl (C=O) groups excluding carboxylic acids is 4. The third-order valence-electron chi connectivity index (χ3n) is 5.94. The van der Waals surface area contributed by atoms with Crippen molar-refractivity contribution in [2.45, 2.75) is 32.4 Å². The van der Waals surface area contributed by atoms with Gasteiger partial charge < -0.3 is 30.3 Å². The van der Waals surface area contributed by atoms with E-state index in [1.807, 2.05) is 0 Å². The Morgan fingerprint density at radius 2 is 1.84 bits per heavy atom. The lowest BCUT2D eigenvalue weighted by Gasteiger charge is -2.28. The summed E-state index contributed by atoms with van der Waals surface area (Å²) in [6, 6.07) is 9.92. The van der Waals surface area contributed by atoms with Crippen molar-refractivity contribution in [3.63, 3.8) is 0 Å². The molecular weight excluding hydrogens is 495 g/mol. The summed E-state index contributed by atoms with van der Waals surface area (Å²) in [5, 5.41) is 7.97. The number of likely N-dealkylation sites (N-methyl/N-ethyl adjacent to an activating group) is 1. The molecule has 0 aromatic heterocycles. The molecule has 10 nitrogen and oxygen atoms in total. The molecule has 1 aliphatic heterocycles. The molecule has 2 aromatic carbocycles. The topological polar surface area (TPSA) is 126 Å². The van der Waals surface area contributed by atoms with Gasteiger partial charge in [0, 0.05) is 7.05 Å². The minimum absolute atomic E-state index is 0.0712. The lowest BCUT2D eigenvalue weighted by Crippen LogP contribution is -2.54. The predicted octanol–water partition coefficient (Wildman–Crippen LogP) is 1.50. The van der Waals surface area contributed by atoms with Gasteiger partial charge in [0.15, 0.2) is 0 Å². The van der Waals surface area contributed by atoms with Gasteiger partial charge >= 0.3 is 0 Å². The van der Waals surface area contributed by atoms with Crippen LogP contribution in [0.2, 0.25) is 0 Å². The van der Waals surface area contributed by atoms with Crippen molar-refractivity contribution in [2.75, 3.05) is 33.4 Å². The molecule has 3 rings (SSSR count). The van der Waals surface area contributed by atoms with Gasteiger partial charge in [0.05, 0.1) is 25.1 Å². The molecule has 0 aliphatic carbocycles. The molecule has 0 spiro atoms. The van der Waals surface area contributed by atoms with Crippen LogP contribution in [-0.4, -0.2) is 74.0 Å². The van der Waals surface area contributed by atoms with E-state index in [-0.39, 0.29) is 50.1 Å². The van der Waals surface area contributed by atoms with E-state index in [1.165, 1.54) is 29.2 Å². The number of nitrogens with zero attached hydrogens (tertiary/aromatic N) is 1. The van der Waals surface area contributed by atoms with Crippen LogP contribution in [0.25, 0.3) is 0 Å². The summed E-state index contributed by atoms with van der Waals surface area (Å²) in [4.78, 5) is 53.5. The standard InChI is InChI=1S/C27H33FN4O6/c1-17(2)24-27(36)32(3)13-15-38-22-7-5-4-6-20(22)25(34)30-21(16-23(33)31-24)26(35)29-12-14-37-19-10-8-18(28)9-11-19/h4-11,17,21,24H,12-16H2,1-3H3,(H,29,35)(H,30,34)(H,31,33)/t21-,24-/m0/s1. The second kappa shape index (κ2) is 13.4. The van der Waals surface area contributed by atoms with Crippen LogP contribution in [0.4, 0.5) is 4.39 Å². The summed E-state index contributed by atoms with van der Waals surface area (Å²) in [5.41, 5.74) is 0.191. The molecule has 4 amide bonds. The van der Waals surface area contributed by atoms with E-state index in [0.717, 1.165) is 0 Å². The molecule has 2 aromatic rings. The highest BCUT2D eigenvalue weighted by atomic mass is 19.1. The predicted molar refractivity (Wildman–Crippen MR) is 137 cm³/mol. The van der Waals surface area contributed by atoms with Crippen LogP contribution < -0.4 is 25.4 Å². The minimum atomic E-state index is -1.23. The number of ether oxygens (including phenoxy) is 2. The van der Waals surface area contributed by atoms with Gasteiger partial charge in [-0.25, -0.2) is 4.39 Å². The van der Waals surface area contributed by atoms with Crippen molar-refractivity contribution in [1.29, 1.82) is 0 Å². The van der Waals surface area contributed by atoms with Crippen molar-refractivity contribution < 1.29 is 33.0 Å². The number of carbonyl (C=O) groups is 4.